The molecule has 0 aliphatic carbocycles. The molecule has 0 heterocycles. The van der Waals surface area contributed by atoms with Crippen LogP contribution in [0.2, 0.25) is 0 Å². The van der Waals surface area contributed by atoms with Gasteiger partial charge in [-0.2, -0.15) is 0 Å². The summed E-state index contributed by atoms with van der Waals surface area (Å²) in [6, 6.07) is 31.3. The third kappa shape index (κ3) is 15.5. The molecule has 0 amide bonds. The minimum atomic E-state index is -0.136. The molecule has 252 valence electrons. The lowest BCUT2D eigenvalue weighted by Gasteiger charge is -2.25. The highest BCUT2D eigenvalue weighted by Crippen LogP contribution is 2.24. The Bertz CT molecular complexity index is 1280. The van der Waals surface area contributed by atoms with Gasteiger partial charge in [-0.15, -0.1) is 12.6 Å². The first-order valence-electron chi connectivity index (χ1n) is 16.9. The fourth-order valence-corrected chi connectivity index (χ4v) is 5.68. The highest BCUT2D eigenvalue weighted by molar-refractivity contribution is 7.80. The van der Waals surface area contributed by atoms with E-state index in [0.29, 0.717) is 5.11 Å². The molecule has 6 nitrogen and oxygen atoms in total. The first-order valence-corrected chi connectivity index (χ1v) is 17.8. The van der Waals surface area contributed by atoms with Crippen LogP contribution in [0.1, 0.15) is 61.4 Å². The predicted molar refractivity (Wildman–Crippen MR) is 209 cm³/mol. The van der Waals surface area contributed by atoms with Crippen molar-refractivity contribution in [2.75, 3.05) is 39.3 Å². The summed E-state index contributed by atoms with van der Waals surface area (Å²) in [5, 5.41) is 21.8. The van der Waals surface area contributed by atoms with Crippen LogP contribution in [0, 0.1) is 0 Å². The summed E-state index contributed by atoms with van der Waals surface area (Å²) in [6.07, 6.45) is 12.4. The molecular formula is C39H54N6S2. The van der Waals surface area contributed by atoms with Crippen LogP contribution in [-0.4, -0.2) is 49.9 Å². The summed E-state index contributed by atoms with van der Waals surface area (Å²) in [4.78, 5) is 0. The second kappa shape index (κ2) is 24.0. The highest BCUT2D eigenvalue weighted by atomic mass is 32.1. The molecule has 2 atom stereocenters. The molecule has 3 aromatic rings. The molecule has 3 aromatic carbocycles. The standard InChI is InChI=1S/C39H54N6S2/c1-3-5-19-32(4-2)36(33-20-9-6-10-21-33)44-38(46)42-30-17-28-40-26-15-16-27-41-29-18-31-43-39(47)45-37(34-22-11-7-12-23-34)35-24-13-8-14-25-35/h3-14,19-25,36-38,40-42,44,46H,2,15-18,26-31H2,1H3,(H2,43,45,47)/b5-3-,32-19+. The maximum Gasteiger partial charge on any atom is 0.167 e. The Kier molecular flexibility index (Phi) is 19.5. The van der Waals surface area contributed by atoms with Crippen molar-refractivity contribution in [2.24, 2.45) is 0 Å². The van der Waals surface area contributed by atoms with E-state index >= 15 is 0 Å². The number of thiocarbonyl (C=S) groups is 1. The molecule has 0 aliphatic rings. The Hall–Kier alpha value is -3.24. The fourth-order valence-electron chi connectivity index (χ4n) is 5.19. The predicted octanol–water partition coefficient (Wildman–Crippen LogP) is 6.80. The van der Waals surface area contributed by atoms with E-state index in [4.69, 9.17) is 24.8 Å². The van der Waals surface area contributed by atoms with Crippen molar-refractivity contribution in [2.45, 2.75) is 50.2 Å². The molecule has 47 heavy (non-hydrogen) atoms. The van der Waals surface area contributed by atoms with E-state index < -0.39 is 0 Å². The Labute approximate surface area is 294 Å². The van der Waals surface area contributed by atoms with E-state index in [9.17, 15) is 0 Å². The van der Waals surface area contributed by atoms with Gasteiger partial charge in [-0.05, 0) is 99.8 Å². The van der Waals surface area contributed by atoms with Gasteiger partial charge in [-0.1, -0.05) is 122 Å². The number of allylic oxidation sites excluding steroid dienone is 3. The highest BCUT2D eigenvalue weighted by Gasteiger charge is 2.17. The van der Waals surface area contributed by atoms with E-state index in [0.717, 1.165) is 70.5 Å². The van der Waals surface area contributed by atoms with E-state index in [1.807, 2.05) is 43.4 Å². The number of hydrogen-bond acceptors (Lipinski definition) is 6. The Balaban J connectivity index is 1.19. The number of hydrogen-bond donors (Lipinski definition) is 7. The topological polar surface area (TPSA) is 72.2 Å². The summed E-state index contributed by atoms with van der Waals surface area (Å²) >= 11 is 10.4. The van der Waals surface area contributed by atoms with Crippen LogP contribution in [0.4, 0.5) is 0 Å². The van der Waals surface area contributed by atoms with E-state index in [1.54, 1.807) is 0 Å². The number of benzene rings is 3. The zero-order chi connectivity index (χ0) is 33.4. The Morgan fingerprint density at radius 3 is 1.77 bits per heavy atom. The molecule has 0 saturated heterocycles. The van der Waals surface area contributed by atoms with Gasteiger partial charge in [0.25, 0.3) is 0 Å². The summed E-state index contributed by atoms with van der Waals surface area (Å²) in [7, 11) is 0. The van der Waals surface area contributed by atoms with Crippen LogP contribution in [0.3, 0.4) is 0 Å². The van der Waals surface area contributed by atoms with Gasteiger partial charge in [-0.3, -0.25) is 10.6 Å². The maximum absolute atomic E-state index is 5.62. The lowest BCUT2D eigenvalue weighted by atomic mass is 9.98. The minimum absolute atomic E-state index is 0.00924. The van der Waals surface area contributed by atoms with Crippen LogP contribution in [-0.2, 0) is 0 Å². The number of rotatable bonds is 23. The van der Waals surface area contributed by atoms with Gasteiger partial charge in [0.15, 0.2) is 5.11 Å². The van der Waals surface area contributed by atoms with Gasteiger partial charge in [0.05, 0.1) is 12.1 Å². The van der Waals surface area contributed by atoms with Crippen LogP contribution in [0.15, 0.2) is 127 Å². The van der Waals surface area contributed by atoms with Crippen LogP contribution in [0.5, 0.6) is 0 Å². The number of thiol groups is 1. The molecule has 3 rings (SSSR count). The SMILES string of the molecule is C=C/C(=C\C=C/C)C(NC(S)NCCCNCCCCNCCCNC(=S)NC(c1ccccc1)c1ccccc1)c1ccccc1. The summed E-state index contributed by atoms with van der Waals surface area (Å²) in [5.41, 5.74) is 4.54. The molecule has 6 N–H and O–H groups in total. The summed E-state index contributed by atoms with van der Waals surface area (Å²) in [5.74, 6) is 0. The van der Waals surface area contributed by atoms with Crippen LogP contribution < -0.4 is 31.9 Å². The average Bonchev–Trinajstić information content (AvgIpc) is 3.11. The van der Waals surface area contributed by atoms with Gasteiger partial charge in [0, 0.05) is 6.54 Å². The zero-order valence-electron chi connectivity index (χ0n) is 27.8. The third-order valence-corrected chi connectivity index (χ3v) is 8.28. The van der Waals surface area contributed by atoms with E-state index in [1.165, 1.54) is 16.7 Å². The molecule has 0 fully saturated rings. The van der Waals surface area contributed by atoms with Crippen molar-refractivity contribution in [3.8, 4) is 0 Å². The molecular weight excluding hydrogens is 617 g/mol. The molecule has 0 radical (unpaired) electrons. The largest absolute Gasteiger partial charge is 0.363 e. The van der Waals surface area contributed by atoms with Crippen molar-refractivity contribution in [3.63, 3.8) is 0 Å². The Morgan fingerprint density at radius 2 is 1.23 bits per heavy atom. The van der Waals surface area contributed by atoms with Gasteiger partial charge in [0.2, 0.25) is 0 Å². The smallest absolute Gasteiger partial charge is 0.167 e. The first kappa shape index (κ1) is 38.2. The number of unbranched alkanes of at least 4 members (excludes halogenated alkanes) is 1. The minimum Gasteiger partial charge on any atom is -0.363 e. The van der Waals surface area contributed by atoms with Crippen LogP contribution in [0.25, 0.3) is 0 Å². The quantitative estimate of drug-likeness (QED) is 0.0197. The number of nitrogens with one attached hydrogen (secondary N) is 6. The fraction of sp³-hybridized carbons (Fsp3) is 0.359. The average molecular weight is 671 g/mol. The van der Waals surface area contributed by atoms with Crippen molar-refractivity contribution < 1.29 is 0 Å². The molecule has 0 saturated carbocycles. The second-order valence-corrected chi connectivity index (χ2v) is 12.3. The molecule has 0 aromatic heterocycles. The van der Waals surface area contributed by atoms with Gasteiger partial charge in [0.1, 0.15) is 5.50 Å². The van der Waals surface area contributed by atoms with Gasteiger partial charge < -0.3 is 21.3 Å². The van der Waals surface area contributed by atoms with Crippen LogP contribution >= 0.6 is 24.8 Å². The van der Waals surface area contributed by atoms with E-state index in [2.05, 4.69) is 117 Å². The normalized spacial score (nSPS) is 13.0. The second-order valence-electron chi connectivity index (χ2n) is 11.3. The van der Waals surface area contributed by atoms with Crippen molar-refractivity contribution in [1.82, 2.24) is 31.9 Å². The van der Waals surface area contributed by atoms with Crippen molar-refractivity contribution in [1.29, 1.82) is 0 Å². The summed E-state index contributed by atoms with van der Waals surface area (Å²) in [6.45, 7) is 11.8. The van der Waals surface area contributed by atoms with Crippen molar-refractivity contribution in [3.05, 3.63) is 144 Å². The summed E-state index contributed by atoms with van der Waals surface area (Å²) < 4.78 is 0. The monoisotopic (exact) mass is 670 g/mol. The van der Waals surface area contributed by atoms with E-state index in [-0.39, 0.29) is 17.6 Å². The van der Waals surface area contributed by atoms with Gasteiger partial charge >= 0.3 is 0 Å². The zero-order valence-corrected chi connectivity index (χ0v) is 29.5. The molecule has 0 spiro atoms. The van der Waals surface area contributed by atoms with Crippen molar-refractivity contribution >= 4 is 30.0 Å². The molecule has 0 bridgehead atoms. The molecule has 8 heteroatoms. The molecule has 0 aliphatic heterocycles. The molecule has 2 unspecified atom stereocenters. The first-order chi connectivity index (χ1) is 23.1. The maximum atomic E-state index is 5.62. The third-order valence-electron chi connectivity index (χ3n) is 7.69. The van der Waals surface area contributed by atoms with Gasteiger partial charge in [-0.25, -0.2) is 0 Å². The Morgan fingerprint density at radius 1 is 0.723 bits per heavy atom. The lowest BCUT2D eigenvalue weighted by Crippen LogP contribution is -2.41. The lowest BCUT2D eigenvalue weighted by molar-refractivity contribution is 0.489.